The van der Waals surface area contributed by atoms with Crippen LogP contribution in [-0.4, -0.2) is 40.0 Å². The Hall–Kier alpha value is -2.22. The molecular weight excluding hydrogens is 292 g/mol. The van der Waals surface area contributed by atoms with Crippen LogP contribution in [0.2, 0.25) is 0 Å². The average Bonchev–Trinajstić information content (AvgIpc) is 3.09. The fourth-order valence-corrected chi connectivity index (χ4v) is 2.46. The van der Waals surface area contributed by atoms with Gasteiger partial charge < -0.3 is 15.0 Å². The third kappa shape index (κ3) is 4.38. The van der Waals surface area contributed by atoms with Crippen LogP contribution in [0.3, 0.4) is 0 Å². The topological polar surface area (TPSA) is 97.0 Å². The van der Waals surface area contributed by atoms with Crippen LogP contribution in [0.4, 0.5) is 0 Å². The van der Waals surface area contributed by atoms with E-state index in [1.165, 1.54) is 24.8 Å². The fraction of sp³-hybridized carbons (Fsp3) is 0.385. The summed E-state index contributed by atoms with van der Waals surface area (Å²) in [6.07, 6.45) is 3.56. The Balaban J connectivity index is 1.97. The number of hydrogen-bond acceptors (Lipinski definition) is 6. The highest BCUT2D eigenvalue weighted by atomic mass is 32.1. The second-order valence-electron chi connectivity index (χ2n) is 4.46. The number of aromatic nitrogens is 3. The van der Waals surface area contributed by atoms with Gasteiger partial charge in [-0.2, -0.15) is 0 Å². The number of aromatic amines is 1. The SMILES string of the molecule is COC(=O)[C@H](Cc1cnc[nH]1)NC(=O)Cc1csc(C)n1. The molecule has 0 fully saturated rings. The monoisotopic (exact) mass is 308 g/mol. The van der Waals surface area contributed by atoms with Crippen LogP contribution >= 0.6 is 11.3 Å². The molecule has 8 heteroatoms. The number of aryl methyl sites for hydroxylation is 1. The van der Waals surface area contributed by atoms with Gasteiger partial charge in [-0.3, -0.25) is 4.79 Å². The maximum Gasteiger partial charge on any atom is 0.328 e. The summed E-state index contributed by atoms with van der Waals surface area (Å²) in [5.41, 5.74) is 1.44. The van der Waals surface area contributed by atoms with E-state index in [-0.39, 0.29) is 12.3 Å². The summed E-state index contributed by atoms with van der Waals surface area (Å²) in [5.74, 6) is -0.761. The molecule has 0 radical (unpaired) electrons. The lowest BCUT2D eigenvalue weighted by Crippen LogP contribution is -2.43. The third-order valence-corrected chi connectivity index (χ3v) is 3.63. The van der Waals surface area contributed by atoms with Crippen molar-refractivity contribution in [2.75, 3.05) is 7.11 Å². The van der Waals surface area contributed by atoms with E-state index in [1.54, 1.807) is 6.20 Å². The van der Waals surface area contributed by atoms with E-state index in [1.807, 2.05) is 12.3 Å². The van der Waals surface area contributed by atoms with E-state index in [0.717, 1.165) is 10.7 Å². The van der Waals surface area contributed by atoms with Gasteiger partial charge in [-0.25, -0.2) is 14.8 Å². The van der Waals surface area contributed by atoms with E-state index >= 15 is 0 Å². The van der Waals surface area contributed by atoms with Crippen LogP contribution in [0.25, 0.3) is 0 Å². The summed E-state index contributed by atoms with van der Waals surface area (Å²) in [5, 5.41) is 5.40. The van der Waals surface area contributed by atoms with Crippen molar-refractivity contribution < 1.29 is 14.3 Å². The van der Waals surface area contributed by atoms with Crippen molar-refractivity contribution in [2.24, 2.45) is 0 Å². The molecule has 2 aromatic heterocycles. The standard InChI is InChI=1S/C13H16N4O3S/c1-8-16-10(6-21-8)4-12(18)17-11(13(19)20-2)3-9-5-14-7-15-9/h5-7,11H,3-4H2,1-2H3,(H,14,15)(H,17,18)/t11-/m0/s1. The van der Waals surface area contributed by atoms with Crippen LogP contribution in [0.15, 0.2) is 17.9 Å². The van der Waals surface area contributed by atoms with Crippen molar-refractivity contribution in [3.05, 3.63) is 34.3 Å². The van der Waals surface area contributed by atoms with Gasteiger partial charge in [-0.1, -0.05) is 0 Å². The Kier molecular flexibility index (Phi) is 5.04. The number of H-pyrrole nitrogens is 1. The van der Waals surface area contributed by atoms with Crippen LogP contribution in [0.1, 0.15) is 16.4 Å². The molecule has 0 spiro atoms. The van der Waals surface area contributed by atoms with E-state index < -0.39 is 12.0 Å². The molecular formula is C13H16N4O3S. The molecule has 112 valence electrons. The van der Waals surface area contributed by atoms with E-state index in [0.29, 0.717) is 12.1 Å². The summed E-state index contributed by atoms with van der Waals surface area (Å²) in [6.45, 7) is 1.88. The van der Waals surface area contributed by atoms with Crippen LogP contribution in [0.5, 0.6) is 0 Å². The lowest BCUT2D eigenvalue weighted by atomic mass is 10.1. The summed E-state index contributed by atoms with van der Waals surface area (Å²) < 4.78 is 4.71. The molecule has 21 heavy (non-hydrogen) atoms. The Morgan fingerprint density at radius 2 is 2.33 bits per heavy atom. The summed E-state index contributed by atoms with van der Waals surface area (Å²) in [7, 11) is 1.29. The number of carbonyl (C=O) groups excluding carboxylic acids is 2. The zero-order valence-electron chi connectivity index (χ0n) is 11.8. The summed E-state index contributed by atoms with van der Waals surface area (Å²) in [6, 6.07) is -0.748. The zero-order valence-corrected chi connectivity index (χ0v) is 12.6. The van der Waals surface area contributed by atoms with E-state index in [2.05, 4.69) is 20.3 Å². The number of nitrogens with zero attached hydrogens (tertiary/aromatic N) is 2. The van der Waals surface area contributed by atoms with Crippen molar-refractivity contribution in [3.8, 4) is 0 Å². The van der Waals surface area contributed by atoms with Crippen LogP contribution in [-0.2, 0) is 27.2 Å². The number of imidazole rings is 1. The first-order valence-corrected chi connectivity index (χ1v) is 7.22. The average molecular weight is 308 g/mol. The van der Waals surface area contributed by atoms with Gasteiger partial charge in [-0.05, 0) is 6.92 Å². The molecule has 0 aliphatic rings. The number of rotatable bonds is 6. The Morgan fingerprint density at radius 1 is 1.52 bits per heavy atom. The molecule has 2 aromatic rings. The first kappa shape index (κ1) is 15.2. The lowest BCUT2D eigenvalue weighted by molar-refractivity contribution is -0.145. The number of ether oxygens (including phenoxy) is 1. The highest BCUT2D eigenvalue weighted by Gasteiger charge is 2.22. The van der Waals surface area contributed by atoms with Gasteiger partial charge in [0.15, 0.2) is 0 Å². The minimum absolute atomic E-state index is 0.140. The molecule has 0 saturated carbocycles. The third-order valence-electron chi connectivity index (χ3n) is 2.81. The molecule has 2 heterocycles. The number of carbonyl (C=O) groups is 2. The van der Waals surface area contributed by atoms with Crippen molar-refractivity contribution >= 4 is 23.2 Å². The summed E-state index contributed by atoms with van der Waals surface area (Å²) >= 11 is 1.48. The second kappa shape index (κ2) is 6.98. The minimum atomic E-state index is -0.748. The molecule has 0 aromatic carbocycles. The number of methoxy groups -OCH3 is 1. The Morgan fingerprint density at radius 3 is 2.90 bits per heavy atom. The first-order valence-electron chi connectivity index (χ1n) is 6.34. The number of nitrogens with one attached hydrogen (secondary N) is 2. The van der Waals surface area contributed by atoms with Gasteiger partial charge in [-0.15, -0.1) is 11.3 Å². The molecule has 2 N–H and O–H groups in total. The normalized spacial score (nSPS) is 11.9. The lowest BCUT2D eigenvalue weighted by Gasteiger charge is -2.15. The fourth-order valence-electron chi connectivity index (χ4n) is 1.85. The molecule has 0 aliphatic carbocycles. The molecule has 1 amide bonds. The first-order chi connectivity index (χ1) is 10.1. The van der Waals surface area contributed by atoms with E-state index in [4.69, 9.17) is 4.74 Å². The van der Waals surface area contributed by atoms with Gasteiger partial charge in [0.2, 0.25) is 5.91 Å². The summed E-state index contributed by atoms with van der Waals surface area (Å²) in [4.78, 5) is 34.7. The number of esters is 1. The zero-order chi connectivity index (χ0) is 15.2. The van der Waals surface area contributed by atoms with Crippen molar-refractivity contribution in [3.63, 3.8) is 0 Å². The maximum atomic E-state index is 12.0. The van der Waals surface area contributed by atoms with Crippen LogP contribution < -0.4 is 5.32 Å². The van der Waals surface area contributed by atoms with Gasteiger partial charge in [0, 0.05) is 23.7 Å². The molecule has 0 aliphatic heterocycles. The number of thiazole rings is 1. The minimum Gasteiger partial charge on any atom is -0.467 e. The van der Waals surface area contributed by atoms with Gasteiger partial charge in [0.1, 0.15) is 6.04 Å². The van der Waals surface area contributed by atoms with Crippen molar-refractivity contribution in [1.29, 1.82) is 0 Å². The number of amides is 1. The molecule has 1 atom stereocenters. The highest BCUT2D eigenvalue weighted by Crippen LogP contribution is 2.08. The Bertz CT molecular complexity index is 609. The van der Waals surface area contributed by atoms with Gasteiger partial charge >= 0.3 is 5.97 Å². The van der Waals surface area contributed by atoms with Gasteiger partial charge in [0.25, 0.3) is 0 Å². The van der Waals surface area contributed by atoms with Crippen LogP contribution in [0, 0.1) is 6.92 Å². The predicted octanol–water partition coefficient (Wildman–Crippen LogP) is 0.618. The van der Waals surface area contributed by atoms with Gasteiger partial charge in [0.05, 0.1) is 30.6 Å². The van der Waals surface area contributed by atoms with E-state index in [9.17, 15) is 9.59 Å². The smallest absolute Gasteiger partial charge is 0.328 e. The highest BCUT2D eigenvalue weighted by molar-refractivity contribution is 7.09. The largest absolute Gasteiger partial charge is 0.467 e. The van der Waals surface area contributed by atoms with Crippen molar-refractivity contribution in [1.82, 2.24) is 20.3 Å². The molecule has 2 rings (SSSR count). The molecule has 7 nitrogen and oxygen atoms in total. The molecule has 0 bridgehead atoms. The number of hydrogen-bond donors (Lipinski definition) is 2. The van der Waals surface area contributed by atoms with Crippen molar-refractivity contribution in [2.45, 2.75) is 25.8 Å². The molecule has 0 saturated heterocycles. The predicted molar refractivity (Wildman–Crippen MR) is 76.8 cm³/mol. The quantitative estimate of drug-likeness (QED) is 0.762. The second-order valence-corrected chi connectivity index (χ2v) is 5.52. The maximum absolute atomic E-state index is 12.0. The Labute approximate surface area is 125 Å². The molecule has 0 unspecified atom stereocenters.